The molecule has 45 heavy (non-hydrogen) atoms. The number of anilines is 1. The van der Waals surface area contributed by atoms with Gasteiger partial charge in [0.15, 0.2) is 0 Å². The number of rotatable bonds is 26. The lowest BCUT2D eigenvalue weighted by molar-refractivity contribution is 0.0373. The first-order chi connectivity index (χ1) is 21.8. The van der Waals surface area contributed by atoms with Crippen LogP contribution in [0.25, 0.3) is 0 Å². The van der Waals surface area contributed by atoms with Crippen molar-refractivity contribution in [2.45, 2.75) is 95.5 Å². The van der Waals surface area contributed by atoms with Crippen molar-refractivity contribution in [3.8, 4) is 5.75 Å². The molecule has 2 aromatic carbocycles. The van der Waals surface area contributed by atoms with E-state index in [2.05, 4.69) is 26.1 Å². The van der Waals surface area contributed by atoms with Gasteiger partial charge in [0.05, 0.1) is 43.1 Å². The predicted octanol–water partition coefficient (Wildman–Crippen LogP) is 7.93. The van der Waals surface area contributed by atoms with Gasteiger partial charge >= 0.3 is 0 Å². The van der Waals surface area contributed by atoms with Gasteiger partial charge in [0.1, 0.15) is 12.4 Å². The minimum atomic E-state index is -3.16. The highest BCUT2D eigenvalue weighted by atomic mass is 32.3. The van der Waals surface area contributed by atoms with Gasteiger partial charge in [-0.3, -0.25) is 9.11 Å². The van der Waals surface area contributed by atoms with Crippen LogP contribution in [0.3, 0.4) is 0 Å². The quantitative estimate of drug-likeness (QED) is 0.0762. The van der Waals surface area contributed by atoms with Gasteiger partial charge in [-0.15, -0.1) is 0 Å². The van der Waals surface area contributed by atoms with E-state index >= 15 is 0 Å². The van der Waals surface area contributed by atoms with E-state index < -0.39 is 22.6 Å². The minimum absolute atomic E-state index is 0.283. The summed E-state index contributed by atoms with van der Waals surface area (Å²) in [5, 5.41) is 15.0. The van der Waals surface area contributed by atoms with Gasteiger partial charge in [0, 0.05) is 38.4 Å². The fraction of sp³-hybridized carbons (Fsp3) is 0.667. The van der Waals surface area contributed by atoms with Crippen molar-refractivity contribution in [1.29, 1.82) is 0 Å². The summed E-state index contributed by atoms with van der Waals surface area (Å²) in [4.78, 5) is 2.44. The van der Waals surface area contributed by atoms with Crippen LogP contribution in [0, 0.1) is 0 Å². The molecule has 0 radical (unpaired) electrons. The second kappa shape index (κ2) is 22.6. The summed E-state index contributed by atoms with van der Waals surface area (Å²) in [7, 11) is 0.738. The fourth-order valence-electron chi connectivity index (χ4n) is 5.42. The van der Waals surface area contributed by atoms with E-state index in [4.69, 9.17) is 14.2 Å². The molecule has 0 aliphatic carbocycles. The van der Waals surface area contributed by atoms with Crippen molar-refractivity contribution in [2.75, 3.05) is 70.9 Å². The maximum Gasteiger partial charge on any atom is 0.144 e. The van der Waals surface area contributed by atoms with E-state index in [9.17, 15) is 14.2 Å². The molecule has 4 N–H and O–H groups in total. The van der Waals surface area contributed by atoms with Crippen LogP contribution >= 0.6 is 10.6 Å². The second-order valence-corrected chi connectivity index (χ2v) is 14.1. The highest BCUT2D eigenvalue weighted by molar-refractivity contribution is 8.24. The maximum absolute atomic E-state index is 11.7. The molecule has 0 amide bonds. The van der Waals surface area contributed by atoms with Crippen LogP contribution in [0.15, 0.2) is 47.4 Å². The van der Waals surface area contributed by atoms with Crippen LogP contribution in [-0.4, -0.2) is 86.3 Å². The number of hydrogen-bond donors (Lipinski definition) is 4. The van der Waals surface area contributed by atoms with Crippen molar-refractivity contribution in [2.24, 2.45) is 0 Å². The largest absolute Gasteiger partial charge is 0.489 e. The van der Waals surface area contributed by atoms with Gasteiger partial charge < -0.3 is 29.5 Å². The summed E-state index contributed by atoms with van der Waals surface area (Å²) in [6.45, 7) is 10.6. The molecule has 0 aliphatic rings. The molecule has 2 aromatic rings. The molecule has 0 saturated carbocycles. The highest BCUT2D eigenvalue weighted by Crippen LogP contribution is 2.55. The highest BCUT2D eigenvalue weighted by Gasteiger charge is 2.32. The van der Waals surface area contributed by atoms with Crippen LogP contribution in [0.1, 0.15) is 95.6 Å². The summed E-state index contributed by atoms with van der Waals surface area (Å²) in [6, 6.07) is 13.8. The van der Waals surface area contributed by atoms with Crippen LogP contribution < -0.4 is 15.0 Å². The number of aliphatic hydroxyl groups is 1. The zero-order valence-electron chi connectivity index (χ0n) is 28.6. The number of ether oxygens (including phenoxy) is 3. The summed E-state index contributed by atoms with van der Waals surface area (Å²) < 4.78 is 41.0. The van der Waals surface area contributed by atoms with Gasteiger partial charge in [-0.2, -0.15) is 10.6 Å². The molecular formula is C36H62N2O6S. The van der Waals surface area contributed by atoms with Crippen molar-refractivity contribution in [3.63, 3.8) is 0 Å². The summed E-state index contributed by atoms with van der Waals surface area (Å²) in [5.74, 6) is 0.445. The van der Waals surface area contributed by atoms with Gasteiger partial charge in [-0.05, 0) is 43.0 Å². The van der Waals surface area contributed by atoms with Crippen LogP contribution in [0.5, 0.6) is 5.75 Å². The number of nitrogens with one attached hydrogen (secondary N) is 1. The van der Waals surface area contributed by atoms with E-state index in [1.807, 2.05) is 55.4 Å². The van der Waals surface area contributed by atoms with Crippen molar-refractivity contribution >= 4 is 16.3 Å². The zero-order valence-corrected chi connectivity index (χ0v) is 29.5. The molecule has 9 heteroatoms. The molecule has 0 saturated heterocycles. The molecule has 1 unspecified atom stereocenters. The maximum atomic E-state index is 11.7. The number of unbranched alkanes of at least 4 members (excludes halogenated alkanes) is 5. The van der Waals surface area contributed by atoms with E-state index in [0.717, 1.165) is 81.3 Å². The Morgan fingerprint density at radius 1 is 0.778 bits per heavy atom. The summed E-state index contributed by atoms with van der Waals surface area (Å²) in [6.07, 6.45) is 7.88. The summed E-state index contributed by atoms with van der Waals surface area (Å²) >= 11 is 0. The smallest absolute Gasteiger partial charge is 0.144 e. The molecular weight excluding hydrogens is 588 g/mol. The lowest BCUT2D eigenvalue weighted by Crippen LogP contribution is -2.23. The first kappa shape index (κ1) is 39.3. The molecule has 0 aliphatic heterocycles. The predicted molar refractivity (Wildman–Crippen MR) is 190 cm³/mol. The van der Waals surface area contributed by atoms with Crippen molar-refractivity contribution in [3.05, 3.63) is 53.6 Å². The van der Waals surface area contributed by atoms with Gasteiger partial charge in [0.25, 0.3) is 0 Å². The average Bonchev–Trinajstić information content (AvgIpc) is 3.02. The average molecular weight is 651 g/mol. The Hall–Kier alpha value is -1.85. The number of aliphatic hydroxyl groups excluding tert-OH is 1. The Balaban J connectivity index is 2.35. The Bertz CT molecular complexity index is 1040. The number of benzene rings is 2. The van der Waals surface area contributed by atoms with E-state index in [1.165, 1.54) is 0 Å². The van der Waals surface area contributed by atoms with Gasteiger partial charge in [-0.25, -0.2) is 0 Å². The zero-order chi connectivity index (χ0) is 32.9. The molecule has 2 rings (SSSR count). The third-order valence-corrected chi connectivity index (χ3v) is 9.81. The second-order valence-electron chi connectivity index (χ2n) is 12.0. The van der Waals surface area contributed by atoms with Crippen LogP contribution in [0.4, 0.5) is 5.69 Å². The normalized spacial score (nSPS) is 13.5. The molecule has 0 aromatic heterocycles. The number of nitrogens with zero attached hydrogens (tertiary/aromatic N) is 1. The summed E-state index contributed by atoms with van der Waals surface area (Å²) in [5.41, 5.74) is 2.53. The monoisotopic (exact) mass is 650 g/mol. The number of hydrogen-bond acceptors (Lipinski definition) is 8. The third kappa shape index (κ3) is 14.2. The molecule has 0 bridgehead atoms. The molecule has 2 atom stereocenters. The van der Waals surface area contributed by atoms with E-state index in [0.29, 0.717) is 50.1 Å². The molecule has 258 valence electrons. The Kier molecular flexibility index (Phi) is 19.8. The molecule has 0 heterocycles. The lowest BCUT2D eigenvalue weighted by atomic mass is 9.84. The van der Waals surface area contributed by atoms with Crippen molar-refractivity contribution in [1.82, 2.24) is 5.32 Å². The van der Waals surface area contributed by atoms with E-state index in [-0.39, 0.29) is 5.75 Å². The topological polar surface area (TPSA) is 104 Å². The minimum Gasteiger partial charge on any atom is -0.489 e. The molecule has 0 spiro atoms. The van der Waals surface area contributed by atoms with Gasteiger partial charge in [-0.1, -0.05) is 89.6 Å². The van der Waals surface area contributed by atoms with Crippen LogP contribution in [-0.2, 0) is 9.47 Å². The Morgan fingerprint density at radius 3 is 2.11 bits per heavy atom. The first-order valence-corrected chi connectivity index (χ1v) is 18.8. The Labute approximate surface area is 275 Å². The van der Waals surface area contributed by atoms with E-state index in [1.54, 1.807) is 6.07 Å². The fourth-order valence-corrected chi connectivity index (χ4v) is 7.10. The van der Waals surface area contributed by atoms with Crippen molar-refractivity contribution < 1.29 is 28.4 Å². The molecule has 0 fully saturated rings. The standard InChI is InChI=1S/C36H62N2O6S/c1-6-9-11-16-27-45(40,41)35-29-34(44-26-25-43-24-23-42-22-21-37-20-8-3)32(38(4)5)28-31(35)36(30-17-14-12-15-18-30)33(39)19-13-10-7-2/h12,14-15,17-18,28-29,33,36-37,39-41H,6-11,13,16,19-27H2,1-5H3/t33-,36?/m1/s1. The molecule has 8 nitrogen and oxygen atoms in total. The van der Waals surface area contributed by atoms with Gasteiger partial charge in [0.2, 0.25) is 0 Å². The van der Waals surface area contributed by atoms with Crippen LogP contribution in [0.2, 0.25) is 0 Å². The third-order valence-electron chi connectivity index (χ3n) is 7.90. The SMILES string of the molecule is CCCCCCS(O)(O)c1cc(OCCOCCOCCNCCC)c(N(C)C)cc1C(c1ccccc1)[C@H](O)CCCCC. The Morgan fingerprint density at radius 2 is 1.44 bits per heavy atom. The first-order valence-electron chi connectivity index (χ1n) is 17.1. The lowest BCUT2D eigenvalue weighted by Gasteiger charge is -2.38.